The minimum absolute atomic E-state index is 0.184. The third-order valence-corrected chi connectivity index (χ3v) is 3.58. The first-order chi connectivity index (χ1) is 9.49. The molecule has 0 bridgehead atoms. The van der Waals surface area contributed by atoms with Crippen LogP contribution in [-0.4, -0.2) is 18.0 Å². The Labute approximate surface area is 127 Å². The van der Waals surface area contributed by atoms with Gasteiger partial charge in [0.15, 0.2) is 0 Å². The monoisotopic (exact) mass is 312 g/mol. The maximum absolute atomic E-state index is 12.2. The number of halogens is 2. The van der Waals surface area contributed by atoms with E-state index in [0.717, 1.165) is 0 Å². The van der Waals surface area contributed by atoms with Crippen molar-refractivity contribution >= 4 is 34.9 Å². The zero-order valence-corrected chi connectivity index (χ0v) is 12.6. The predicted octanol–water partition coefficient (Wildman–Crippen LogP) is 4.81. The van der Waals surface area contributed by atoms with Crippen molar-refractivity contribution in [2.45, 2.75) is 13.0 Å². The van der Waals surface area contributed by atoms with Gasteiger partial charge in [-0.2, -0.15) is 0 Å². The Morgan fingerprint density at radius 1 is 1.35 bits per heavy atom. The molecule has 0 saturated carbocycles. The Hall–Kier alpha value is -1.65. The van der Waals surface area contributed by atoms with E-state index in [0.29, 0.717) is 21.5 Å². The number of rotatable bonds is 3. The van der Waals surface area contributed by atoms with Gasteiger partial charge in [0, 0.05) is 12.1 Å². The highest BCUT2D eigenvalue weighted by molar-refractivity contribution is 6.36. The van der Waals surface area contributed by atoms with Crippen molar-refractivity contribution in [3.8, 4) is 0 Å². The number of carbonyl (C=O) groups is 1. The van der Waals surface area contributed by atoms with E-state index < -0.39 is 0 Å². The molecule has 0 aliphatic rings. The molecule has 1 atom stereocenters. The van der Waals surface area contributed by atoms with Crippen LogP contribution in [0.25, 0.3) is 0 Å². The molecular formula is C14H14Cl2N2O2. The molecule has 4 nitrogen and oxygen atoms in total. The van der Waals surface area contributed by atoms with E-state index in [4.69, 9.17) is 27.6 Å². The molecule has 1 aromatic heterocycles. The van der Waals surface area contributed by atoms with Crippen LogP contribution in [-0.2, 0) is 0 Å². The Morgan fingerprint density at radius 3 is 2.70 bits per heavy atom. The van der Waals surface area contributed by atoms with Crippen LogP contribution in [0.15, 0.2) is 41.0 Å². The minimum atomic E-state index is -0.280. The van der Waals surface area contributed by atoms with Crippen molar-refractivity contribution in [1.82, 2.24) is 4.90 Å². The van der Waals surface area contributed by atoms with E-state index in [1.54, 1.807) is 37.6 Å². The molecule has 0 spiro atoms. The fourth-order valence-electron chi connectivity index (χ4n) is 1.69. The average Bonchev–Trinajstić information content (AvgIpc) is 2.94. The number of nitrogens with one attached hydrogen (secondary N) is 1. The molecule has 0 saturated heterocycles. The Morgan fingerprint density at radius 2 is 2.10 bits per heavy atom. The molecule has 2 rings (SSSR count). The van der Waals surface area contributed by atoms with Gasteiger partial charge in [-0.1, -0.05) is 23.2 Å². The van der Waals surface area contributed by atoms with Crippen LogP contribution >= 0.6 is 23.2 Å². The molecule has 1 heterocycles. The molecule has 20 heavy (non-hydrogen) atoms. The summed E-state index contributed by atoms with van der Waals surface area (Å²) in [7, 11) is 1.69. The van der Waals surface area contributed by atoms with Crippen molar-refractivity contribution in [1.29, 1.82) is 0 Å². The first-order valence-corrected chi connectivity index (χ1v) is 6.77. The maximum atomic E-state index is 12.2. The maximum Gasteiger partial charge on any atom is 0.322 e. The molecule has 0 aliphatic heterocycles. The van der Waals surface area contributed by atoms with Crippen LogP contribution in [0.4, 0.5) is 10.5 Å². The van der Waals surface area contributed by atoms with Crippen molar-refractivity contribution in [3.05, 3.63) is 52.4 Å². The second-order valence-electron chi connectivity index (χ2n) is 4.36. The molecule has 2 amide bonds. The molecule has 1 N–H and O–H groups in total. The van der Waals surface area contributed by atoms with Crippen molar-refractivity contribution in [2.75, 3.05) is 12.4 Å². The van der Waals surface area contributed by atoms with Gasteiger partial charge >= 0.3 is 6.03 Å². The van der Waals surface area contributed by atoms with Gasteiger partial charge in [-0.15, -0.1) is 0 Å². The number of urea groups is 1. The molecule has 6 heteroatoms. The zero-order chi connectivity index (χ0) is 14.7. The number of hydrogen-bond donors (Lipinski definition) is 1. The quantitative estimate of drug-likeness (QED) is 0.883. The van der Waals surface area contributed by atoms with E-state index in [-0.39, 0.29) is 12.1 Å². The van der Waals surface area contributed by atoms with E-state index in [1.807, 2.05) is 13.0 Å². The molecule has 0 radical (unpaired) electrons. The summed E-state index contributed by atoms with van der Waals surface area (Å²) in [4.78, 5) is 13.7. The van der Waals surface area contributed by atoms with Gasteiger partial charge < -0.3 is 14.6 Å². The molecule has 106 valence electrons. The Balaban J connectivity index is 2.08. The standard InChI is InChI=1S/C14H14Cl2N2O2/c1-9(13-4-3-7-20-13)18(2)14(19)17-12-6-5-10(15)8-11(12)16/h3-9H,1-2H3,(H,17,19). The Kier molecular flexibility index (Phi) is 4.57. The SMILES string of the molecule is CC(c1ccco1)N(C)C(=O)Nc1ccc(Cl)cc1Cl. The van der Waals surface area contributed by atoms with Gasteiger partial charge in [-0.25, -0.2) is 4.79 Å². The fourth-order valence-corrected chi connectivity index (χ4v) is 2.15. The third kappa shape index (κ3) is 3.26. The number of benzene rings is 1. The van der Waals surface area contributed by atoms with E-state index in [9.17, 15) is 4.79 Å². The highest BCUT2D eigenvalue weighted by Gasteiger charge is 2.20. The zero-order valence-electron chi connectivity index (χ0n) is 11.1. The van der Waals surface area contributed by atoms with Crippen molar-refractivity contribution in [3.63, 3.8) is 0 Å². The van der Waals surface area contributed by atoms with Gasteiger partial charge in [-0.05, 0) is 37.3 Å². The molecule has 2 aromatic rings. The van der Waals surface area contributed by atoms with Crippen molar-refractivity contribution in [2.24, 2.45) is 0 Å². The van der Waals surface area contributed by atoms with E-state index in [1.165, 1.54) is 4.90 Å². The summed E-state index contributed by atoms with van der Waals surface area (Å²) < 4.78 is 5.29. The number of furan rings is 1. The van der Waals surface area contributed by atoms with Crippen LogP contribution in [0.3, 0.4) is 0 Å². The highest BCUT2D eigenvalue weighted by Crippen LogP contribution is 2.26. The van der Waals surface area contributed by atoms with Crippen LogP contribution in [0.1, 0.15) is 18.7 Å². The van der Waals surface area contributed by atoms with Crippen LogP contribution in [0.2, 0.25) is 10.0 Å². The topological polar surface area (TPSA) is 45.5 Å². The first-order valence-electron chi connectivity index (χ1n) is 6.01. The first kappa shape index (κ1) is 14.8. The lowest BCUT2D eigenvalue weighted by atomic mass is 10.2. The second kappa shape index (κ2) is 6.20. The second-order valence-corrected chi connectivity index (χ2v) is 5.20. The van der Waals surface area contributed by atoms with Gasteiger partial charge in [0.25, 0.3) is 0 Å². The number of amides is 2. The summed E-state index contributed by atoms with van der Waals surface area (Å²) in [5.41, 5.74) is 0.513. The number of anilines is 1. The molecule has 1 unspecified atom stereocenters. The lowest BCUT2D eigenvalue weighted by molar-refractivity contribution is 0.201. The molecule has 0 fully saturated rings. The van der Waals surface area contributed by atoms with Gasteiger partial charge in [0.05, 0.1) is 23.0 Å². The van der Waals surface area contributed by atoms with Crippen LogP contribution < -0.4 is 5.32 Å². The number of carbonyl (C=O) groups excluding carboxylic acids is 1. The fraction of sp³-hybridized carbons (Fsp3) is 0.214. The lowest BCUT2D eigenvalue weighted by Crippen LogP contribution is -2.33. The molecular weight excluding hydrogens is 299 g/mol. The third-order valence-electron chi connectivity index (χ3n) is 3.03. The average molecular weight is 313 g/mol. The summed E-state index contributed by atoms with van der Waals surface area (Å²) in [5.74, 6) is 0.713. The van der Waals surface area contributed by atoms with Crippen LogP contribution in [0, 0.1) is 0 Å². The highest BCUT2D eigenvalue weighted by atomic mass is 35.5. The molecule has 0 aliphatic carbocycles. The summed E-state index contributed by atoms with van der Waals surface area (Å²) in [5, 5.41) is 3.65. The van der Waals surface area contributed by atoms with Crippen LogP contribution in [0.5, 0.6) is 0 Å². The lowest BCUT2D eigenvalue weighted by Gasteiger charge is -2.23. The number of nitrogens with zero attached hydrogens (tertiary/aromatic N) is 1. The summed E-state index contributed by atoms with van der Waals surface area (Å²) in [6.45, 7) is 1.88. The molecule has 1 aromatic carbocycles. The van der Waals surface area contributed by atoms with Gasteiger partial charge in [0.1, 0.15) is 5.76 Å². The van der Waals surface area contributed by atoms with Gasteiger partial charge in [0.2, 0.25) is 0 Å². The largest absolute Gasteiger partial charge is 0.467 e. The van der Waals surface area contributed by atoms with E-state index in [2.05, 4.69) is 5.32 Å². The van der Waals surface area contributed by atoms with E-state index >= 15 is 0 Å². The smallest absolute Gasteiger partial charge is 0.322 e. The Bertz CT molecular complexity index is 599. The van der Waals surface area contributed by atoms with Crippen molar-refractivity contribution < 1.29 is 9.21 Å². The summed E-state index contributed by atoms with van der Waals surface area (Å²) in [6, 6.07) is 8.05. The minimum Gasteiger partial charge on any atom is -0.467 e. The predicted molar refractivity (Wildman–Crippen MR) is 80.4 cm³/mol. The summed E-state index contributed by atoms with van der Waals surface area (Å²) in [6.07, 6.45) is 1.58. The summed E-state index contributed by atoms with van der Waals surface area (Å²) >= 11 is 11.8. The van der Waals surface area contributed by atoms with Gasteiger partial charge in [-0.3, -0.25) is 0 Å². The number of hydrogen-bond acceptors (Lipinski definition) is 2. The normalized spacial score (nSPS) is 12.0.